The topological polar surface area (TPSA) is 30.2 Å². The van der Waals surface area contributed by atoms with E-state index in [0.29, 0.717) is 10.8 Å². The Morgan fingerprint density at radius 2 is 1.92 bits per heavy atom. The smallest absolute Gasteiger partial charge is 0.194 e. The molecule has 25 heavy (non-hydrogen) atoms. The van der Waals surface area contributed by atoms with Crippen LogP contribution in [0, 0.1) is 12.3 Å². The fourth-order valence-electron chi connectivity index (χ4n) is 2.55. The summed E-state index contributed by atoms with van der Waals surface area (Å²) in [5, 5.41) is 1.63. The van der Waals surface area contributed by atoms with Crippen molar-refractivity contribution in [1.29, 1.82) is 0 Å². The van der Waals surface area contributed by atoms with Gasteiger partial charge < -0.3 is 4.42 Å². The second kappa shape index (κ2) is 7.32. The van der Waals surface area contributed by atoms with Crippen molar-refractivity contribution in [2.75, 3.05) is 0 Å². The summed E-state index contributed by atoms with van der Waals surface area (Å²) in [5.74, 6) is 1.04. The van der Waals surface area contributed by atoms with Crippen LogP contribution in [0.15, 0.2) is 41.3 Å². The first-order valence-electron chi connectivity index (χ1n) is 8.09. The number of allylic oxidation sites excluding steroid dienone is 3. The largest absolute Gasteiger partial charge is 0.453 e. The highest BCUT2D eigenvalue weighted by Gasteiger charge is 2.25. The van der Waals surface area contributed by atoms with Crippen LogP contribution in [-0.2, 0) is 0 Å². The zero-order valence-electron chi connectivity index (χ0n) is 15.4. The first kappa shape index (κ1) is 19.7. The van der Waals surface area contributed by atoms with Gasteiger partial charge in [0, 0.05) is 17.5 Å². The molecular formula is C21H24ClO2P. The van der Waals surface area contributed by atoms with Gasteiger partial charge in [0.25, 0.3) is 0 Å². The van der Waals surface area contributed by atoms with Crippen LogP contribution in [0.25, 0.3) is 11.1 Å². The molecule has 0 saturated carbocycles. The van der Waals surface area contributed by atoms with Gasteiger partial charge in [0.1, 0.15) is 5.76 Å². The molecule has 1 unspecified atom stereocenters. The lowest BCUT2D eigenvalue weighted by Crippen LogP contribution is -2.09. The third-order valence-electron chi connectivity index (χ3n) is 4.00. The van der Waals surface area contributed by atoms with Gasteiger partial charge in [-0.25, -0.2) is 0 Å². The van der Waals surface area contributed by atoms with E-state index >= 15 is 0 Å². The number of carbonyl (C=O) groups excluding carboxylic acids is 1. The number of ketones is 1. The lowest BCUT2D eigenvalue weighted by atomic mass is 9.82. The van der Waals surface area contributed by atoms with Crippen molar-refractivity contribution in [2.45, 2.75) is 34.6 Å². The van der Waals surface area contributed by atoms with Crippen molar-refractivity contribution in [3.05, 3.63) is 64.6 Å². The van der Waals surface area contributed by atoms with Crippen LogP contribution in [-0.4, -0.2) is 5.78 Å². The molecule has 0 N–H and O–H groups in total. The van der Waals surface area contributed by atoms with Gasteiger partial charge in [-0.1, -0.05) is 45.0 Å². The van der Waals surface area contributed by atoms with Crippen molar-refractivity contribution < 1.29 is 9.21 Å². The van der Waals surface area contributed by atoms with Crippen LogP contribution in [0.5, 0.6) is 0 Å². The normalized spacial score (nSPS) is 12.4. The van der Waals surface area contributed by atoms with Crippen molar-refractivity contribution in [1.82, 2.24) is 0 Å². The van der Waals surface area contributed by atoms with Gasteiger partial charge in [-0.3, -0.25) is 4.79 Å². The van der Waals surface area contributed by atoms with E-state index in [1.54, 1.807) is 6.07 Å². The minimum Gasteiger partial charge on any atom is -0.453 e. The fourth-order valence-corrected chi connectivity index (χ4v) is 2.94. The maximum Gasteiger partial charge on any atom is 0.194 e. The van der Waals surface area contributed by atoms with Crippen LogP contribution in [0.1, 0.15) is 55.1 Å². The summed E-state index contributed by atoms with van der Waals surface area (Å²) in [4.78, 5) is 11.7. The van der Waals surface area contributed by atoms with Crippen LogP contribution in [0.2, 0.25) is 5.02 Å². The van der Waals surface area contributed by atoms with Gasteiger partial charge in [-0.05, 0) is 58.6 Å². The molecule has 1 aromatic heterocycles. The number of Topliss-reactive ketones (excluding diaryl/α,β-unsaturated/α-hetero) is 1. The standard InChI is InChI=1S/C21H24ClO2P/c1-12(15-7-8-17(22)19(25)11-15)9-16(21(4,5)6)20-13(2)10-18(24-20)14(3)23/h7-11H,1,25H2,2-6H3/b16-9+. The minimum absolute atomic E-state index is 0.0770. The third-order valence-corrected chi connectivity index (χ3v) is 5.01. The number of benzene rings is 1. The molecule has 132 valence electrons. The fraction of sp³-hybridized carbons (Fsp3) is 0.286. The van der Waals surface area contributed by atoms with Crippen LogP contribution < -0.4 is 5.30 Å². The molecule has 2 aromatic rings. The van der Waals surface area contributed by atoms with Crippen molar-refractivity contribution in [2.24, 2.45) is 5.41 Å². The predicted molar refractivity (Wildman–Crippen MR) is 111 cm³/mol. The van der Waals surface area contributed by atoms with E-state index in [9.17, 15) is 4.79 Å². The number of aryl methyl sites for hydroxylation is 1. The molecule has 0 aliphatic carbocycles. The molecule has 0 radical (unpaired) electrons. The lowest BCUT2D eigenvalue weighted by Gasteiger charge is -2.23. The Labute approximate surface area is 157 Å². The van der Waals surface area contributed by atoms with Gasteiger partial charge in [0.05, 0.1) is 0 Å². The predicted octanol–water partition coefficient (Wildman–Crippen LogP) is 6.09. The zero-order chi connectivity index (χ0) is 18.9. The highest BCUT2D eigenvalue weighted by molar-refractivity contribution is 7.28. The van der Waals surface area contributed by atoms with E-state index < -0.39 is 0 Å². The van der Waals surface area contributed by atoms with Crippen molar-refractivity contribution in [3.8, 4) is 0 Å². The molecule has 0 amide bonds. The second-order valence-corrected chi connectivity index (χ2v) is 8.28. The van der Waals surface area contributed by atoms with E-state index in [-0.39, 0.29) is 11.2 Å². The molecule has 0 fully saturated rings. The maximum atomic E-state index is 11.7. The van der Waals surface area contributed by atoms with Gasteiger partial charge in [-0.2, -0.15) is 0 Å². The Morgan fingerprint density at radius 3 is 2.40 bits per heavy atom. The zero-order valence-corrected chi connectivity index (χ0v) is 17.3. The summed E-state index contributed by atoms with van der Waals surface area (Å²) in [6, 6.07) is 7.59. The second-order valence-electron chi connectivity index (χ2n) is 7.25. The number of carbonyl (C=O) groups is 1. The van der Waals surface area contributed by atoms with Gasteiger partial charge in [0.2, 0.25) is 0 Å². The lowest BCUT2D eigenvalue weighted by molar-refractivity contribution is 0.0986. The van der Waals surface area contributed by atoms with Gasteiger partial charge >= 0.3 is 0 Å². The number of rotatable bonds is 4. The third kappa shape index (κ3) is 4.51. The molecule has 0 bridgehead atoms. The molecule has 0 saturated heterocycles. The highest BCUT2D eigenvalue weighted by Crippen LogP contribution is 2.38. The molecular weight excluding hydrogens is 351 g/mol. The molecule has 0 aliphatic rings. The average Bonchev–Trinajstić information content (AvgIpc) is 2.88. The van der Waals surface area contributed by atoms with Crippen molar-refractivity contribution >= 4 is 43.1 Å². The van der Waals surface area contributed by atoms with E-state index in [2.05, 4.69) is 36.6 Å². The number of hydrogen-bond donors (Lipinski definition) is 0. The van der Waals surface area contributed by atoms with E-state index in [1.165, 1.54) is 6.92 Å². The van der Waals surface area contributed by atoms with Crippen LogP contribution in [0.3, 0.4) is 0 Å². The van der Waals surface area contributed by atoms with Crippen LogP contribution >= 0.6 is 20.8 Å². The van der Waals surface area contributed by atoms with E-state index in [4.69, 9.17) is 16.0 Å². The molecule has 1 atom stereocenters. The minimum atomic E-state index is -0.171. The molecule has 1 heterocycles. The van der Waals surface area contributed by atoms with E-state index in [1.807, 2.05) is 31.2 Å². The maximum absolute atomic E-state index is 11.7. The molecule has 1 aromatic carbocycles. The first-order chi connectivity index (χ1) is 11.5. The molecule has 0 aliphatic heterocycles. The highest BCUT2D eigenvalue weighted by atomic mass is 35.5. The summed E-state index contributed by atoms with van der Waals surface area (Å²) in [6.45, 7) is 14.0. The van der Waals surface area contributed by atoms with E-state index in [0.717, 1.165) is 33.3 Å². The SMILES string of the molecule is C=C(/C=C(\c1oc(C(C)=O)cc1C)C(C)(C)C)c1ccc(Cl)c(P)c1. The summed E-state index contributed by atoms with van der Waals surface area (Å²) in [6.07, 6.45) is 2.03. The monoisotopic (exact) mass is 374 g/mol. The Bertz CT molecular complexity index is 867. The molecule has 0 spiro atoms. The molecule has 2 rings (SSSR count). The number of hydrogen-bond acceptors (Lipinski definition) is 2. The summed E-state index contributed by atoms with van der Waals surface area (Å²) in [5.41, 5.74) is 3.64. The Hall–Kier alpha value is -1.63. The Balaban J connectivity index is 2.54. The summed E-state index contributed by atoms with van der Waals surface area (Å²) < 4.78 is 5.86. The Kier molecular flexibility index (Phi) is 5.76. The number of furan rings is 1. The first-order valence-corrected chi connectivity index (χ1v) is 9.04. The summed E-state index contributed by atoms with van der Waals surface area (Å²) >= 11 is 6.10. The Morgan fingerprint density at radius 1 is 1.28 bits per heavy atom. The number of halogens is 1. The molecule has 4 heteroatoms. The van der Waals surface area contributed by atoms with Crippen LogP contribution in [0.4, 0.5) is 0 Å². The van der Waals surface area contributed by atoms with Gasteiger partial charge in [-0.15, -0.1) is 9.24 Å². The summed E-state index contributed by atoms with van der Waals surface area (Å²) in [7, 11) is 2.63. The quantitative estimate of drug-likeness (QED) is 0.368. The van der Waals surface area contributed by atoms with Crippen molar-refractivity contribution in [3.63, 3.8) is 0 Å². The average molecular weight is 375 g/mol. The molecule has 2 nitrogen and oxygen atoms in total. The van der Waals surface area contributed by atoms with Gasteiger partial charge in [0.15, 0.2) is 11.5 Å².